The van der Waals surface area contributed by atoms with Crippen LogP contribution < -0.4 is 5.32 Å². The highest BCUT2D eigenvalue weighted by Crippen LogP contribution is 2.21. The van der Waals surface area contributed by atoms with Crippen LogP contribution in [0.5, 0.6) is 0 Å². The molecule has 0 radical (unpaired) electrons. The Morgan fingerprint density at radius 1 is 1.10 bits per heavy atom. The van der Waals surface area contributed by atoms with Gasteiger partial charge in [-0.15, -0.1) is 0 Å². The fourth-order valence-corrected chi connectivity index (χ4v) is 2.84. The van der Waals surface area contributed by atoms with Crippen LogP contribution in [0.2, 0.25) is 0 Å². The van der Waals surface area contributed by atoms with Crippen molar-refractivity contribution < 1.29 is 4.79 Å². The van der Waals surface area contributed by atoms with Crippen molar-refractivity contribution in [1.29, 1.82) is 0 Å². The molecular formula is C18H30N2O. The van der Waals surface area contributed by atoms with E-state index < -0.39 is 0 Å². The molecule has 0 atom stereocenters. The van der Waals surface area contributed by atoms with E-state index in [9.17, 15) is 4.79 Å². The maximum atomic E-state index is 11.3. The molecule has 0 heterocycles. The van der Waals surface area contributed by atoms with E-state index >= 15 is 0 Å². The summed E-state index contributed by atoms with van der Waals surface area (Å²) in [6, 6.07) is 6.24. The molecule has 1 N–H and O–H groups in total. The van der Waals surface area contributed by atoms with Gasteiger partial charge in [0.15, 0.2) is 0 Å². The minimum absolute atomic E-state index is 0.000410. The van der Waals surface area contributed by atoms with Gasteiger partial charge in [-0.2, -0.15) is 0 Å². The number of carbonyl (C=O) groups is 1. The first-order valence-corrected chi connectivity index (χ1v) is 8.23. The zero-order valence-electron chi connectivity index (χ0n) is 14.0. The third-order valence-electron chi connectivity index (χ3n) is 3.71. The van der Waals surface area contributed by atoms with E-state index in [1.807, 2.05) is 12.1 Å². The predicted octanol–water partition coefficient (Wildman–Crippen LogP) is 3.87. The Labute approximate surface area is 129 Å². The van der Waals surface area contributed by atoms with Gasteiger partial charge in [0.1, 0.15) is 0 Å². The van der Waals surface area contributed by atoms with Crippen LogP contribution in [-0.4, -0.2) is 30.4 Å². The third kappa shape index (κ3) is 5.88. The summed E-state index contributed by atoms with van der Waals surface area (Å²) in [5.41, 5.74) is 3.61. The molecule has 118 valence electrons. The number of hydrogen-bond acceptors (Lipinski definition) is 2. The molecule has 0 aliphatic rings. The number of carbonyl (C=O) groups excluding carboxylic acids is 1. The molecule has 0 saturated heterocycles. The van der Waals surface area contributed by atoms with Crippen LogP contribution in [0.15, 0.2) is 18.2 Å². The first kappa shape index (κ1) is 17.7. The molecule has 1 aromatic carbocycles. The summed E-state index contributed by atoms with van der Waals surface area (Å²) >= 11 is 0. The second-order valence-corrected chi connectivity index (χ2v) is 5.57. The van der Waals surface area contributed by atoms with Crippen molar-refractivity contribution in [3.05, 3.63) is 29.3 Å². The number of nitrogens with zero attached hydrogens (tertiary/aromatic N) is 1. The van der Waals surface area contributed by atoms with Gasteiger partial charge < -0.3 is 10.2 Å². The second-order valence-electron chi connectivity index (χ2n) is 5.57. The van der Waals surface area contributed by atoms with Crippen LogP contribution in [0.4, 0.5) is 5.69 Å². The van der Waals surface area contributed by atoms with Gasteiger partial charge in [-0.1, -0.05) is 32.9 Å². The lowest BCUT2D eigenvalue weighted by molar-refractivity contribution is -0.114. The second kappa shape index (κ2) is 9.56. The first-order chi connectivity index (χ1) is 10.1. The zero-order valence-corrected chi connectivity index (χ0v) is 14.0. The highest BCUT2D eigenvalue weighted by molar-refractivity contribution is 5.89. The Kier molecular flexibility index (Phi) is 8.06. The molecule has 0 aromatic heterocycles. The molecular weight excluding hydrogens is 260 g/mol. The standard InChI is InChI=1S/C18H30N2O/c1-5-12-20(13-6-2)14-11-16-9-8-10-18(17(16)7-3)19-15(4)21/h8-10H,5-7,11-14H2,1-4H3,(H,19,21). The van der Waals surface area contributed by atoms with Crippen molar-refractivity contribution >= 4 is 11.6 Å². The Bertz CT molecular complexity index is 437. The predicted molar refractivity (Wildman–Crippen MR) is 90.8 cm³/mol. The van der Waals surface area contributed by atoms with Gasteiger partial charge in [0.25, 0.3) is 0 Å². The van der Waals surface area contributed by atoms with Crippen LogP contribution in [0, 0.1) is 0 Å². The molecule has 0 bridgehead atoms. The average molecular weight is 290 g/mol. The van der Waals surface area contributed by atoms with Crippen molar-refractivity contribution in [2.45, 2.75) is 53.4 Å². The van der Waals surface area contributed by atoms with E-state index in [0.29, 0.717) is 0 Å². The Hall–Kier alpha value is -1.35. The van der Waals surface area contributed by atoms with E-state index in [1.54, 1.807) is 6.92 Å². The van der Waals surface area contributed by atoms with Crippen LogP contribution >= 0.6 is 0 Å². The molecule has 1 rings (SSSR count). The highest BCUT2D eigenvalue weighted by Gasteiger charge is 2.09. The monoisotopic (exact) mass is 290 g/mol. The number of amides is 1. The number of anilines is 1. The third-order valence-corrected chi connectivity index (χ3v) is 3.71. The van der Waals surface area contributed by atoms with Gasteiger partial charge in [0.2, 0.25) is 5.91 Å². The summed E-state index contributed by atoms with van der Waals surface area (Å²) < 4.78 is 0. The minimum atomic E-state index is 0.000410. The van der Waals surface area contributed by atoms with Crippen LogP contribution in [-0.2, 0) is 17.6 Å². The largest absolute Gasteiger partial charge is 0.326 e. The summed E-state index contributed by atoms with van der Waals surface area (Å²) in [5, 5.41) is 2.95. The lowest BCUT2D eigenvalue weighted by Gasteiger charge is -2.22. The molecule has 3 heteroatoms. The van der Waals surface area contributed by atoms with Crippen molar-refractivity contribution in [2.24, 2.45) is 0 Å². The maximum absolute atomic E-state index is 11.3. The van der Waals surface area contributed by atoms with E-state index in [2.05, 4.69) is 37.1 Å². The number of benzene rings is 1. The molecule has 1 amide bonds. The Balaban J connectivity index is 2.79. The minimum Gasteiger partial charge on any atom is -0.326 e. The summed E-state index contributed by atoms with van der Waals surface area (Å²) in [5.74, 6) is 0.000410. The molecule has 0 spiro atoms. The smallest absolute Gasteiger partial charge is 0.221 e. The van der Waals surface area contributed by atoms with Gasteiger partial charge in [0.05, 0.1) is 0 Å². The molecule has 1 aromatic rings. The SMILES string of the molecule is CCCN(CCC)CCc1cccc(NC(C)=O)c1CC. The molecule has 3 nitrogen and oxygen atoms in total. The number of nitrogens with one attached hydrogen (secondary N) is 1. The van der Waals surface area contributed by atoms with Gasteiger partial charge >= 0.3 is 0 Å². The molecule has 0 aliphatic heterocycles. The number of rotatable bonds is 9. The van der Waals surface area contributed by atoms with Crippen molar-refractivity contribution in [3.8, 4) is 0 Å². The molecule has 0 fully saturated rings. The lowest BCUT2D eigenvalue weighted by Crippen LogP contribution is -2.28. The van der Waals surface area contributed by atoms with Gasteiger partial charge in [-0.3, -0.25) is 4.79 Å². The summed E-state index contributed by atoms with van der Waals surface area (Å²) in [7, 11) is 0. The average Bonchev–Trinajstić information content (AvgIpc) is 2.44. The number of hydrogen-bond donors (Lipinski definition) is 1. The molecule has 0 saturated carbocycles. The van der Waals surface area contributed by atoms with Crippen LogP contribution in [0.25, 0.3) is 0 Å². The van der Waals surface area contributed by atoms with Crippen LogP contribution in [0.3, 0.4) is 0 Å². The van der Waals surface area contributed by atoms with Gasteiger partial charge in [-0.25, -0.2) is 0 Å². The molecule has 0 aliphatic carbocycles. The van der Waals surface area contributed by atoms with E-state index in [-0.39, 0.29) is 5.91 Å². The van der Waals surface area contributed by atoms with Gasteiger partial charge in [0, 0.05) is 19.2 Å². The van der Waals surface area contributed by atoms with Crippen LogP contribution in [0.1, 0.15) is 51.7 Å². The van der Waals surface area contributed by atoms with Crippen molar-refractivity contribution in [1.82, 2.24) is 4.90 Å². The topological polar surface area (TPSA) is 32.3 Å². The fraction of sp³-hybridized carbons (Fsp3) is 0.611. The quantitative estimate of drug-likeness (QED) is 0.748. The fourth-order valence-electron chi connectivity index (χ4n) is 2.84. The lowest BCUT2D eigenvalue weighted by atomic mass is 10.00. The zero-order chi connectivity index (χ0) is 15.7. The normalized spacial score (nSPS) is 10.9. The van der Waals surface area contributed by atoms with Crippen molar-refractivity contribution in [3.63, 3.8) is 0 Å². The van der Waals surface area contributed by atoms with Gasteiger partial charge in [-0.05, 0) is 56.0 Å². The van der Waals surface area contributed by atoms with Crippen molar-refractivity contribution in [2.75, 3.05) is 25.0 Å². The summed E-state index contributed by atoms with van der Waals surface area (Å²) in [6.07, 6.45) is 4.41. The molecule has 21 heavy (non-hydrogen) atoms. The van der Waals surface area contributed by atoms with E-state index in [4.69, 9.17) is 0 Å². The van der Waals surface area contributed by atoms with E-state index in [1.165, 1.54) is 37.1 Å². The Morgan fingerprint density at radius 3 is 2.29 bits per heavy atom. The molecule has 0 unspecified atom stereocenters. The maximum Gasteiger partial charge on any atom is 0.221 e. The highest BCUT2D eigenvalue weighted by atomic mass is 16.1. The first-order valence-electron chi connectivity index (χ1n) is 8.23. The summed E-state index contributed by atoms with van der Waals surface area (Å²) in [4.78, 5) is 13.8. The summed E-state index contributed by atoms with van der Waals surface area (Å²) in [6.45, 7) is 11.6. The Morgan fingerprint density at radius 2 is 1.76 bits per heavy atom. The van der Waals surface area contributed by atoms with E-state index in [0.717, 1.165) is 25.1 Å².